The Morgan fingerprint density at radius 2 is 1.81 bits per heavy atom. The minimum atomic E-state index is -0.440. The van der Waals surface area contributed by atoms with Crippen LogP contribution in [0.3, 0.4) is 0 Å². The minimum absolute atomic E-state index is 0.0416. The lowest BCUT2D eigenvalue weighted by atomic mass is 10.1. The molecule has 4 rings (SSSR count). The Morgan fingerprint density at radius 1 is 1.08 bits per heavy atom. The Labute approximate surface area is 233 Å². The predicted molar refractivity (Wildman–Crippen MR) is 150 cm³/mol. The van der Waals surface area contributed by atoms with E-state index in [4.69, 9.17) is 21.7 Å². The van der Waals surface area contributed by atoms with Crippen LogP contribution in [0.5, 0.6) is 11.5 Å². The molecule has 2 aromatic rings. The Morgan fingerprint density at radius 3 is 2.51 bits per heavy atom. The number of benzene rings is 2. The van der Waals surface area contributed by atoms with Gasteiger partial charge in [0.2, 0.25) is 0 Å². The second kappa shape index (κ2) is 12.6. The van der Waals surface area contributed by atoms with Gasteiger partial charge in [-0.2, -0.15) is 5.01 Å². The van der Waals surface area contributed by atoms with Gasteiger partial charge in [-0.3, -0.25) is 19.8 Å². The molecule has 2 heterocycles. The normalized spacial score (nSPS) is 16.8. The molecule has 2 saturated heterocycles. The van der Waals surface area contributed by atoms with Gasteiger partial charge in [-0.1, -0.05) is 33.8 Å². The Balaban J connectivity index is 1.44. The zero-order valence-corrected chi connectivity index (χ0v) is 23.4. The van der Waals surface area contributed by atoms with Gasteiger partial charge in [0.25, 0.3) is 17.7 Å². The molecule has 0 atom stereocenters. The van der Waals surface area contributed by atoms with Gasteiger partial charge in [0.05, 0.1) is 11.5 Å². The molecule has 2 aliphatic heterocycles. The number of carbonyl (C=O) groups is 3. The summed E-state index contributed by atoms with van der Waals surface area (Å²) in [7, 11) is 0. The van der Waals surface area contributed by atoms with Crippen molar-refractivity contribution in [3.05, 3.63) is 63.0 Å². The van der Waals surface area contributed by atoms with E-state index in [1.165, 1.54) is 0 Å². The highest BCUT2D eigenvalue weighted by Crippen LogP contribution is 2.34. The summed E-state index contributed by atoms with van der Waals surface area (Å²) >= 11 is 9.75. The summed E-state index contributed by atoms with van der Waals surface area (Å²) in [4.78, 5) is 40.2. The maximum Gasteiger partial charge on any atom is 0.285 e. The quantitative estimate of drug-likeness (QED) is 0.343. The summed E-state index contributed by atoms with van der Waals surface area (Å²) in [6.07, 6.45) is 4.86. The highest BCUT2D eigenvalue weighted by molar-refractivity contribution is 9.10. The number of amides is 3. The lowest BCUT2D eigenvalue weighted by Gasteiger charge is -2.26. The minimum Gasteiger partial charge on any atom is -0.490 e. The van der Waals surface area contributed by atoms with E-state index in [-0.39, 0.29) is 16.8 Å². The monoisotopic (exact) mass is 603 g/mol. The second-order valence-electron chi connectivity index (χ2n) is 8.33. The first kappa shape index (κ1) is 27.2. The van der Waals surface area contributed by atoms with Gasteiger partial charge in [0.15, 0.2) is 22.4 Å². The third kappa shape index (κ3) is 6.91. The van der Waals surface area contributed by atoms with E-state index >= 15 is 0 Å². The standard InChI is InChI=1S/C26H26BrN3O5S2/c1-2-34-21-14-17(6-11-20(21)35-16-23(31)29-12-4-3-5-13-29)15-22-25(33)30(26(36)37-22)28-24(32)18-7-9-19(27)10-8-18/h6-11,14-15H,2-5,12-13,16H2,1H3,(H,28,32)/b22-15+. The summed E-state index contributed by atoms with van der Waals surface area (Å²) in [6, 6.07) is 12.0. The lowest BCUT2D eigenvalue weighted by Crippen LogP contribution is -2.44. The number of likely N-dealkylation sites (tertiary alicyclic amines) is 1. The van der Waals surface area contributed by atoms with Gasteiger partial charge >= 0.3 is 0 Å². The van der Waals surface area contributed by atoms with E-state index < -0.39 is 11.8 Å². The highest BCUT2D eigenvalue weighted by Gasteiger charge is 2.34. The zero-order valence-electron chi connectivity index (χ0n) is 20.2. The summed E-state index contributed by atoms with van der Waals surface area (Å²) in [5.41, 5.74) is 3.66. The van der Waals surface area contributed by atoms with Gasteiger partial charge in [0.1, 0.15) is 0 Å². The molecule has 2 fully saturated rings. The van der Waals surface area contributed by atoms with Crippen LogP contribution in [0.15, 0.2) is 51.8 Å². The molecule has 37 heavy (non-hydrogen) atoms. The molecule has 0 spiro atoms. The Kier molecular flexibility index (Phi) is 9.23. The molecular formula is C26H26BrN3O5S2. The number of hydrogen-bond donors (Lipinski definition) is 1. The van der Waals surface area contributed by atoms with Crippen LogP contribution in [0, 0.1) is 0 Å². The van der Waals surface area contributed by atoms with Crippen LogP contribution in [0.1, 0.15) is 42.1 Å². The molecule has 2 aliphatic rings. The SMILES string of the molecule is CCOc1cc(/C=C2/SC(=S)N(NC(=O)c3ccc(Br)cc3)C2=O)ccc1OCC(=O)N1CCCCC1. The predicted octanol–water partition coefficient (Wildman–Crippen LogP) is 4.79. The lowest BCUT2D eigenvalue weighted by molar-refractivity contribution is -0.134. The Bertz CT molecular complexity index is 1230. The number of piperidine rings is 1. The number of carbonyl (C=O) groups excluding carboxylic acids is 3. The fourth-order valence-corrected chi connectivity index (χ4v) is 5.30. The number of nitrogens with one attached hydrogen (secondary N) is 1. The van der Waals surface area contributed by atoms with Crippen LogP contribution in [-0.2, 0) is 9.59 Å². The van der Waals surface area contributed by atoms with Crippen molar-refractivity contribution in [2.75, 3.05) is 26.3 Å². The average Bonchev–Trinajstić information content (AvgIpc) is 3.16. The maximum absolute atomic E-state index is 13.0. The summed E-state index contributed by atoms with van der Waals surface area (Å²) in [6.45, 7) is 3.73. The van der Waals surface area contributed by atoms with E-state index in [0.29, 0.717) is 34.1 Å². The molecular weight excluding hydrogens is 578 g/mol. The molecule has 1 N–H and O–H groups in total. The average molecular weight is 605 g/mol. The number of rotatable bonds is 8. The van der Waals surface area contributed by atoms with E-state index in [9.17, 15) is 14.4 Å². The van der Waals surface area contributed by atoms with Crippen molar-refractivity contribution < 1.29 is 23.9 Å². The van der Waals surface area contributed by atoms with Crippen molar-refractivity contribution in [2.45, 2.75) is 26.2 Å². The van der Waals surface area contributed by atoms with Gasteiger partial charge in [-0.05, 0) is 86.4 Å². The largest absolute Gasteiger partial charge is 0.490 e. The molecule has 11 heteroatoms. The summed E-state index contributed by atoms with van der Waals surface area (Å²) in [5, 5.41) is 1.07. The van der Waals surface area contributed by atoms with Crippen LogP contribution in [0.25, 0.3) is 6.08 Å². The van der Waals surface area contributed by atoms with Crippen molar-refractivity contribution in [1.29, 1.82) is 0 Å². The molecule has 2 aromatic carbocycles. The van der Waals surface area contributed by atoms with Crippen molar-refractivity contribution >= 4 is 68.0 Å². The van der Waals surface area contributed by atoms with Gasteiger partial charge in [-0.25, -0.2) is 0 Å². The molecule has 194 valence electrons. The van der Waals surface area contributed by atoms with E-state index in [1.54, 1.807) is 48.5 Å². The molecule has 0 bridgehead atoms. The molecule has 0 unspecified atom stereocenters. The molecule has 8 nitrogen and oxygen atoms in total. The van der Waals surface area contributed by atoms with E-state index in [0.717, 1.165) is 53.6 Å². The number of hydrogen-bond acceptors (Lipinski definition) is 7. The summed E-state index contributed by atoms with van der Waals surface area (Å²) in [5.74, 6) is 0.0237. The maximum atomic E-state index is 13.0. The molecule has 0 radical (unpaired) electrons. The van der Waals surface area contributed by atoms with E-state index in [1.807, 2.05) is 11.8 Å². The number of halogens is 1. The topological polar surface area (TPSA) is 88.2 Å². The number of thiocarbonyl (C=S) groups is 1. The molecule has 0 aromatic heterocycles. The fourth-order valence-electron chi connectivity index (χ4n) is 3.86. The third-order valence-corrected chi connectivity index (χ3v) is 7.57. The summed E-state index contributed by atoms with van der Waals surface area (Å²) < 4.78 is 12.6. The first-order valence-electron chi connectivity index (χ1n) is 11.9. The van der Waals surface area contributed by atoms with Gasteiger partial charge in [0, 0.05) is 23.1 Å². The van der Waals surface area contributed by atoms with Crippen LogP contribution in [0.4, 0.5) is 0 Å². The van der Waals surface area contributed by atoms with Crippen LogP contribution in [0.2, 0.25) is 0 Å². The van der Waals surface area contributed by atoms with Gasteiger partial charge in [-0.15, -0.1) is 0 Å². The molecule has 3 amide bonds. The second-order valence-corrected chi connectivity index (χ2v) is 10.9. The zero-order chi connectivity index (χ0) is 26.4. The number of nitrogens with zero attached hydrogens (tertiary/aromatic N) is 2. The number of ether oxygens (including phenoxy) is 2. The molecule has 0 saturated carbocycles. The van der Waals surface area contributed by atoms with Crippen LogP contribution < -0.4 is 14.9 Å². The first-order chi connectivity index (χ1) is 17.9. The fraction of sp³-hybridized carbons (Fsp3) is 0.308. The van der Waals surface area contributed by atoms with Crippen molar-refractivity contribution in [3.63, 3.8) is 0 Å². The molecule has 0 aliphatic carbocycles. The smallest absolute Gasteiger partial charge is 0.285 e. The number of thioether (sulfide) groups is 1. The van der Waals surface area contributed by atoms with Crippen LogP contribution in [-0.4, -0.2) is 58.3 Å². The van der Waals surface area contributed by atoms with Crippen molar-refractivity contribution in [1.82, 2.24) is 15.3 Å². The first-order valence-corrected chi connectivity index (χ1v) is 13.9. The third-order valence-electron chi connectivity index (χ3n) is 5.74. The Hall–Kier alpha value is -2.89. The van der Waals surface area contributed by atoms with Gasteiger partial charge < -0.3 is 14.4 Å². The van der Waals surface area contributed by atoms with Crippen molar-refractivity contribution in [3.8, 4) is 11.5 Å². The number of hydrazine groups is 1. The van der Waals surface area contributed by atoms with Crippen LogP contribution >= 0.6 is 39.9 Å². The highest BCUT2D eigenvalue weighted by atomic mass is 79.9. The van der Waals surface area contributed by atoms with E-state index in [2.05, 4.69) is 21.4 Å². The van der Waals surface area contributed by atoms with Crippen molar-refractivity contribution in [2.24, 2.45) is 0 Å².